The molecule has 2 heterocycles. The highest BCUT2D eigenvalue weighted by Gasteiger charge is 2.34. The molecule has 2 N–H and O–H groups in total. The summed E-state index contributed by atoms with van der Waals surface area (Å²) in [7, 11) is 0. The number of carbonyl (C=O) groups excluding carboxylic acids is 2. The number of hydrogen-bond acceptors (Lipinski definition) is 4. The number of nitrogens with zero attached hydrogens (tertiary/aromatic N) is 2. The number of halogens is 1. The number of aryl methyl sites for hydroxylation is 2. The van der Waals surface area contributed by atoms with Crippen molar-refractivity contribution in [1.29, 1.82) is 0 Å². The molecule has 0 aliphatic carbocycles. The van der Waals surface area contributed by atoms with Crippen LogP contribution in [0.5, 0.6) is 5.75 Å². The van der Waals surface area contributed by atoms with E-state index in [4.69, 9.17) is 16.3 Å². The number of ether oxygens (including phenoxy) is 1. The number of fused-ring (bicyclic) bond motifs is 2. The van der Waals surface area contributed by atoms with Crippen molar-refractivity contribution in [1.82, 2.24) is 9.97 Å². The average molecular weight is 489 g/mol. The zero-order valence-electron chi connectivity index (χ0n) is 19.3. The van der Waals surface area contributed by atoms with Crippen LogP contribution in [-0.4, -0.2) is 34.4 Å². The van der Waals surface area contributed by atoms with E-state index in [1.807, 2.05) is 55.5 Å². The summed E-state index contributed by atoms with van der Waals surface area (Å²) in [5.74, 6) is 0.946. The lowest BCUT2D eigenvalue weighted by molar-refractivity contribution is -0.128. The van der Waals surface area contributed by atoms with Gasteiger partial charge in [0.25, 0.3) is 5.91 Å². The lowest BCUT2D eigenvalue weighted by Gasteiger charge is -2.33. The molecule has 0 saturated heterocycles. The van der Waals surface area contributed by atoms with Crippen molar-refractivity contribution < 1.29 is 14.3 Å². The summed E-state index contributed by atoms with van der Waals surface area (Å²) in [6.07, 6.45) is 1.50. The fraction of sp³-hybridized carbons (Fsp3) is 0.222. The van der Waals surface area contributed by atoms with Gasteiger partial charge in [-0.1, -0.05) is 42.8 Å². The Morgan fingerprint density at radius 2 is 1.91 bits per heavy atom. The molecule has 7 nitrogen and oxygen atoms in total. The van der Waals surface area contributed by atoms with Crippen molar-refractivity contribution in [2.24, 2.45) is 0 Å². The average Bonchev–Trinajstić information content (AvgIpc) is 3.28. The van der Waals surface area contributed by atoms with Gasteiger partial charge in [-0.3, -0.25) is 14.5 Å². The Hall–Kier alpha value is -3.84. The number of nitrogens with one attached hydrogen (secondary N) is 2. The van der Waals surface area contributed by atoms with E-state index in [0.29, 0.717) is 28.6 Å². The molecule has 35 heavy (non-hydrogen) atoms. The molecular weight excluding hydrogens is 464 g/mol. The lowest BCUT2D eigenvalue weighted by atomic mass is 10.1. The van der Waals surface area contributed by atoms with Gasteiger partial charge in [0.05, 0.1) is 16.7 Å². The largest absolute Gasteiger partial charge is 0.478 e. The Kier molecular flexibility index (Phi) is 6.42. The van der Waals surface area contributed by atoms with Crippen LogP contribution in [0.15, 0.2) is 66.7 Å². The second-order valence-electron chi connectivity index (χ2n) is 8.50. The molecule has 1 aliphatic heterocycles. The number of para-hydroxylation sites is 2. The van der Waals surface area contributed by atoms with Crippen LogP contribution in [0.25, 0.3) is 11.0 Å². The first kappa shape index (κ1) is 22.9. The van der Waals surface area contributed by atoms with E-state index in [0.717, 1.165) is 35.3 Å². The van der Waals surface area contributed by atoms with Gasteiger partial charge in [0.2, 0.25) is 5.91 Å². The molecule has 0 spiro atoms. The standard InChI is InChI=1S/C27H25ClN4O3/c1-2-23-27(34)32(22-15-18(28)10-13-24(22)35-23)16-26(33)29-19-11-7-17(8-12-19)9-14-25-30-20-5-3-4-6-21(20)31-25/h3-8,10-13,15,23H,2,9,14,16H2,1H3,(H,29,33)(H,30,31)/t23-/m1/s1. The van der Waals surface area contributed by atoms with Crippen LogP contribution in [0.3, 0.4) is 0 Å². The molecule has 5 rings (SSSR count). The number of benzene rings is 3. The zero-order chi connectivity index (χ0) is 24.4. The molecule has 0 radical (unpaired) electrons. The predicted molar refractivity (Wildman–Crippen MR) is 137 cm³/mol. The van der Waals surface area contributed by atoms with Crippen LogP contribution in [0.4, 0.5) is 11.4 Å². The van der Waals surface area contributed by atoms with Crippen molar-refractivity contribution in [3.63, 3.8) is 0 Å². The van der Waals surface area contributed by atoms with Crippen molar-refractivity contribution in [2.75, 3.05) is 16.8 Å². The maximum absolute atomic E-state index is 12.9. The highest BCUT2D eigenvalue weighted by molar-refractivity contribution is 6.31. The van der Waals surface area contributed by atoms with Crippen molar-refractivity contribution >= 4 is 45.8 Å². The van der Waals surface area contributed by atoms with E-state index in [1.54, 1.807) is 18.2 Å². The normalized spacial score (nSPS) is 15.1. The van der Waals surface area contributed by atoms with Crippen LogP contribution in [0.2, 0.25) is 5.02 Å². The number of imidazole rings is 1. The first-order chi connectivity index (χ1) is 17.0. The minimum absolute atomic E-state index is 0.125. The van der Waals surface area contributed by atoms with E-state index in [1.165, 1.54) is 4.90 Å². The van der Waals surface area contributed by atoms with Gasteiger partial charge in [-0.05, 0) is 60.9 Å². The summed E-state index contributed by atoms with van der Waals surface area (Å²) in [4.78, 5) is 35.1. The minimum atomic E-state index is -0.623. The fourth-order valence-corrected chi connectivity index (χ4v) is 4.37. The number of rotatable bonds is 7. The van der Waals surface area contributed by atoms with Crippen LogP contribution in [0, 0.1) is 0 Å². The molecule has 8 heteroatoms. The van der Waals surface area contributed by atoms with Crippen molar-refractivity contribution in [3.8, 4) is 5.75 Å². The third-order valence-corrected chi connectivity index (χ3v) is 6.26. The fourth-order valence-electron chi connectivity index (χ4n) is 4.20. The van der Waals surface area contributed by atoms with Crippen LogP contribution >= 0.6 is 11.6 Å². The molecule has 3 aromatic carbocycles. The Balaban J connectivity index is 1.21. The summed E-state index contributed by atoms with van der Waals surface area (Å²) >= 11 is 6.13. The van der Waals surface area contributed by atoms with Gasteiger partial charge in [0.15, 0.2) is 6.10 Å². The third kappa shape index (κ3) is 5.00. The number of anilines is 2. The maximum Gasteiger partial charge on any atom is 0.268 e. The number of aromatic amines is 1. The molecule has 0 saturated carbocycles. The van der Waals surface area contributed by atoms with E-state index in [2.05, 4.69) is 15.3 Å². The summed E-state index contributed by atoms with van der Waals surface area (Å²) < 4.78 is 5.78. The first-order valence-electron chi connectivity index (χ1n) is 11.6. The predicted octanol–water partition coefficient (Wildman–Crippen LogP) is 5.14. The van der Waals surface area contributed by atoms with E-state index < -0.39 is 6.10 Å². The Bertz CT molecular complexity index is 1350. The smallest absolute Gasteiger partial charge is 0.268 e. The number of carbonyl (C=O) groups is 2. The number of aromatic nitrogens is 2. The van der Waals surface area contributed by atoms with Crippen LogP contribution in [0.1, 0.15) is 24.7 Å². The lowest BCUT2D eigenvalue weighted by Crippen LogP contribution is -2.48. The molecule has 0 unspecified atom stereocenters. The van der Waals surface area contributed by atoms with Crippen molar-refractivity contribution in [3.05, 3.63) is 83.1 Å². The molecule has 4 aromatic rings. The Morgan fingerprint density at radius 1 is 1.11 bits per heavy atom. The number of amides is 2. The summed E-state index contributed by atoms with van der Waals surface area (Å²) in [5.41, 5.74) is 4.31. The van der Waals surface area contributed by atoms with Gasteiger partial charge in [-0.25, -0.2) is 4.98 Å². The maximum atomic E-state index is 12.9. The van der Waals surface area contributed by atoms with Crippen molar-refractivity contribution in [2.45, 2.75) is 32.3 Å². The molecule has 0 fully saturated rings. The number of hydrogen-bond donors (Lipinski definition) is 2. The number of H-pyrrole nitrogens is 1. The monoisotopic (exact) mass is 488 g/mol. The Labute approximate surface area is 208 Å². The van der Waals surface area contributed by atoms with Gasteiger partial charge in [-0.15, -0.1) is 0 Å². The SMILES string of the molecule is CC[C@H]1Oc2ccc(Cl)cc2N(CC(=O)Nc2ccc(CCc3nc4ccccc4[nH]3)cc2)C1=O. The molecule has 1 aromatic heterocycles. The van der Waals surface area contributed by atoms with Crippen LogP contribution in [-0.2, 0) is 22.4 Å². The van der Waals surface area contributed by atoms with Crippen LogP contribution < -0.4 is 15.0 Å². The highest BCUT2D eigenvalue weighted by atomic mass is 35.5. The molecular formula is C27H25ClN4O3. The van der Waals surface area contributed by atoms with Gasteiger partial charge in [0.1, 0.15) is 18.1 Å². The molecule has 1 atom stereocenters. The molecule has 2 amide bonds. The second kappa shape index (κ2) is 9.80. The highest BCUT2D eigenvalue weighted by Crippen LogP contribution is 2.36. The van der Waals surface area contributed by atoms with Gasteiger partial charge in [0, 0.05) is 17.1 Å². The van der Waals surface area contributed by atoms with Gasteiger partial charge in [-0.2, -0.15) is 0 Å². The zero-order valence-corrected chi connectivity index (χ0v) is 20.0. The first-order valence-corrected chi connectivity index (χ1v) is 12.0. The van der Waals surface area contributed by atoms with Gasteiger partial charge >= 0.3 is 0 Å². The quantitative estimate of drug-likeness (QED) is 0.377. The molecule has 1 aliphatic rings. The van der Waals surface area contributed by atoms with E-state index >= 15 is 0 Å². The molecule has 178 valence electrons. The summed E-state index contributed by atoms with van der Waals surface area (Å²) in [6.45, 7) is 1.75. The second-order valence-corrected chi connectivity index (χ2v) is 8.93. The molecule has 0 bridgehead atoms. The van der Waals surface area contributed by atoms with E-state index in [9.17, 15) is 9.59 Å². The van der Waals surface area contributed by atoms with E-state index in [-0.39, 0.29) is 18.4 Å². The topological polar surface area (TPSA) is 87.3 Å². The summed E-state index contributed by atoms with van der Waals surface area (Å²) in [6, 6.07) is 20.8. The summed E-state index contributed by atoms with van der Waals surface area (Å²) in [5, 5.41) is 3.35. The van der Waals surface area contributed by atoms with Gasteiger partial charge < -0.3 is 15.0 Å². The minimum Gasteiger partial charge on any atom is -0.478 e. The Morgan fingerprint density at radius 3 is 2.69 bits per heavy atom. The third-order valence-electron chi connectivity index (χ3n) is 6.02.